The number of ether oxygens (including phenoxy) is 2. The normalized spacial score (nSPS) is 18.2. The molecule has 0 aliphatic carbocycles. The summed E-state index contributed by atoms with van der Waals surface area (Å²) in [5.41, 5.74) is 8.20. The minimum atomic E-state index is -0.307. The second kappa shape index (κ2) is 12.0. The number of hydrogen-bond acceptors (Lipinski definition) is 7. The van der Waals surface area contributed by atoms with E-state index in [9.17, 15) is 9.59 Å². The van der Waals surface area contributed by atoms with Crippen LogP contribution >= 0.6 is 0 Å². The molecule has 212 valence electrons. The van der Waals surface area contributed by atoms with Crippen molar-refractivity contribution in [1.29, 1.82) is 0 Å². The van der Waals surface area contributed by atoms with E-state index in [2.05, 4.69) is 15.1 Å². The molecule has 41 heavy (non-hydrogen) atoms. The van der Waals surface area contributed by atoms with Gasteiger partial charge in [0.25, 0.3) is 5.56 Å². The number of aromatic nitrogens is 3. The van der Waals surface area contributed by atoms with Gasteiger partial charge < -0.3 is 24.7 Å². The first-order chi connectivity index (χ1) is 20.1. The number of rotatable bonds is 7. The zero-order valence-corrected chi connectivity index (χ0v) is 22.9. The first kappa shape index (κ1) is 26.8. The van der Waals surface area contributed by atoms with Gasteiger partial charge >= 0.3 is 0 Å². The molecule has 2 aromatic carbocycles. The number of morpholine rings is 1. The highest BCUT2D eigenvalue weighted by Crippen LogP contribution is 2.36. The van der Waals surface area contributed by atoms with Crippen LogP contribution < -0.4 is 16.0 Å². The lowest BCUT2D eigenvalue weighted by Crippen LogP contribution is -2.40. The van der Waals surface area contributed by atoms with Crippen LogP contribution in [0.2, 0.25) is 0 Å². The first-order valence-electron chi connectivity index (χ1n) is 14.0. The van der Waals surface area contributed by atoms with Gasteiger partial charge in [-0.2, -0.15) is 5.10 Å². The van der Waals surface area contributed by atoms with Crippen LogP contribution in [0.25, 0.3) is 22.0 Å². The summed E-state index contributed by atoms with van der Waals surface area (Å²) in [6.07, 6.45) is 7.26. The molecule has 2 saturated heterocycles. The molecule has 2 aliphatic rings. The van der Waals surface area contributed by atoms with E-state index in [0.29, 0.717) is 29.7 Å². The lowest BCUT2D eigenvalue weighted by Gasteiger charge is -2.33. The summed E-state index contributed by atoms with van der Waals surface area (Å²) >= 11 is 0. The van der Waals surface area contributed by atoms with E-state index in [0.717, 1.165) is 62.6 Å². The molecule has 6 rings (SSSR count). The van der Waals surface area contributed by atoms with Gasteiger partial charge in [-0.15, -0.1) is 0 Å². The molecule has 0 unspecified atom stereocenters. The highest BCUT2D eigenvalue weighted by molar-refractivity contribution is 6.02. The molecule has 2 aromatic heterocycles. The minimum Gasteiger partial charge on any atom is -0.457 e. The molecule has 0 bridgehead atoms. The van der Waals surface area contributed by atoms with Crippen molar-refractivity contribution >= 4 is 22.6 Å². The number of nitrogens with zero attached hydrogens (tertiary/aromatic N) is 4. The van der Waals surface area contributed by atoms with Crippen LogP contribution in [0.3, 0.4) is 0 Å². The van der Waals surface area contributed by atoms with Gasteiger partial charge in [-0.05, 0) is 42.7 Å². The Balaban J connectivity index is 1.24. The number of para-hydroxylation sites is 1. The van der Waals surface area contributed by atoms with Crippen LogP contribution in [0.4, 0.5) is 5.82 Å². The lowest BCUT2D eigenvalue weighted by atomic mass is 10.1. The molecular weight excluding hydrogens is 520 g/mol. The highest BCUT2D eigenvalue weighted by Gasteiger charge is 2.27. The van der Waals surface area contributed by atoms with Crippen molar-refractivity contribution in [3.8, 4) is 22.6 Å². The van der Waals surface area contributed by atoms with E-state index in [1.54, 1.807) is 6.08 Å². The van der Waals surface area contributed by atoms with Crippen LogP contribution in [0.1, 0.15) is 18.9 Å². The number of amides is 1. The first-order valence-corrected chi connectivity index (χ1v) is 14.0. The maximum absolute atomic E-state index is 13.1. The number of nitrogens with one attached hydrogen (secondary N) is 1. The number of H-pyrrole nitrogens is 1. The lowest BCUT2D eigenvalue weighted by molar-refractivity contribution is -0.127. The van der Waals surface area contributed by atoms with E-state index >= 15 is 0 Å². The zero-order valence-electron chi connectivity index (χ0n) is 22.9. The third-order valence-corrected chi connectivity index (χ3v) is 7.76. The number of carbonyl (C=O) groups excluding carboxylic acids is 1. The molecule has 2 fully saturated rings. The van der Waals surface area contributed by atoms with Gasteiger partial charge in [0.1, 0.15) is 17.0 Å². The fraction of sp³-hybridized carbons (Fsp3) is 0.323. The third kappa shape index (κ3) is 5.89. The molecule has 10 heteroatoms. The molecular formula is C31H34N6O4. The average Bonchev–Trinajstić information content (AvgIpc) is 3.43. The molecule has 1 amide bonds. The Morgan fingerprint density at radius 2 is 1.83 bits per heavy atom. The second-order valence-electron chi connectivity index (χ2n) is 10.4. The Labute approximate surface area is 238 Å². The zero-order chi connectivity index (χ0) is 28.2. The Morgan fingerprint density at radius 1 is 1.07 bits per heavy atom. The standard InChI is InChI=1S/C31H34N6O4/c32-30-28-26(22-10-12-25(13-11-22)41-24-7-2-1-3-8-24)21-37(29(28)31(39)34-33-30)23-6-4-15-36(20-23)27(38)9-5-14-35-16-18-40-19-17-35/h1-3,5,7-13,21,23H,4,6,14-20H2,(H2,32,33)(H,34,39)/b9-5+/t23-/m1/s1. The summed E-state index contributed by atoms with van der Waals surface area (Å²) < 4.78 is 13.3. The van der Waals surface area contributed by atoms with Gasteiger partial charge in [-0.1, -0.05) is 36.4 Å². The topological polar surface area (TPSA) is 119 Å². The maximum atomic E-state index is 13.1. The fourth-order valence-corrected chi connectivity index (χ4v) is 5.64. The number of hydrogen-bond donors (Lipinski definition) is 2. The minimum absolute atomic E-state index is 0.0104. The summed E-state index contributed by atoms with van der Waals surface area (Å²) in [6.45, 7) is 5.14. The molecule has 3 N–H and O–H groups in total. The van der Waals surface area contributed by atoms with Crippen molar-refractivity contribution in [2.24, 2.45) is 0 Å². The van der Waals surface area contributed by atoms with Gasteiger partial charge in [0.15, 0.2) is 5.82 Å². The van der Waals surface area contributed by atoms with E-state index in [1.165, 1.54) is 0 Å². The third-order valence-electron chi connectivity index (χ3n) is 7.76. The predicted octanol–water partition coefficient (Wildman–Crippen LogP) is 3.82. The number of nitrogens with two attached hydrogens (primary N) is 1. The molecule has 4 heterocycles. The maximum Gasteiger partial charge on any atom is 0.288 e. The molecule has 0 saturated carbocycles. The van der Waals surface area contributed by atoms with Crippen molar-refractivity contribution in [3.63, 3.8) is 0 Å². The number of nitrogen functional groups attached to an aromatic ring is 1. The monoisotopic (exact) mass is 554 g/mol. The number of aromatic amines is 1. The SMILES string of the molecule is Nc1n[nH]c(=O)c2c1c(-c1ccc(Oc3ccccc3)cc1)cn2[C@@H]1CCCN(C(=O)/C=C/CN2CCOCC2)C1. The predicted molar refractivity (Wildman–Crippen MR) is 158 cm³/mol. The van der Waals surface area contributed by atoms with Crippen molar-refractivity contribution in [2.45, 2.75) is 18.9 Å². The summed E-state index contributed by atoms with van der Waals surface area (Å²) in [5, 5.41) is 7.21. The van der Waals surface area contributed by atoms with Crippen molar-refractivity contribution in [2.75, 3.05) is 51.7 Å². The van der Waals surface area contributed by atoms with Crippen molar-refractivity contribution in [1.82, 2.24) is 24.6 Å². The molecule has 4 aromatic rings. The number of likely N-dealkylation sites (tertiary alicyclic amines) is 1. The average molecular weight is 555 g/mol. The Bertz CT molecular complexity index is 1590. The van der Waals surface area contributed by atoms with Crippen LogP contribution in [0.5, 0.6) is 11.5 Å². The highest BCUT2D eigenvalue weighted by atomic mass is 16.5. The van der Waals surface area contributed by atoms with Gasteiger partial charge in [-0.25, -0.2) is 5.10 Å². The van der Waals surface area contributed by atoms with Crippen LogP contribution in [-0.4, -0.2) is 76.4 Å². The van der Waals surface area contributed by atoms with Crippen molar-refractivity contribution < 1.29 is 14.3 Å². The van der Waals surface area contributed by atoms with Crippen LogP contribution in [0.15, 0.2) is 77.7 Å². The largest absolute Gasteiger partial charge is 0.457 e. The molecule has 2 aliphatic heterocycles. The molecule has 10 nitrogen and oxygen atoms in total. The smallest absolute Gasteiger partial charge is 0.288 e. The van der Waals surface area contributed by atoms with E-state index in [-0.39, 0.29) is 23.3 Å². The van der Waals surface area contributed by atoms with Crippen LogP contribution in [0, 0.1) is 0 Å². The number of anilines is 1. The Kier molecular flexibility index (Phi) is 7.84. The fourth-order valence-electron chi connectivity index (χ4n) is 5.64. The van der Waals surface area contributed by atoms with Crippen LogP contribution in [-0.2, 0) is 9.53 Å². The number of benzene rings is 2. The van der Waals surface area contributed by atoms with Gasteiger partial charge in [0, 0.05) is 50.6 Å². The van der Waals surface area contributed by atoms with Gasteiger partial charge in [0.05, 0.1) is 24.6 Å². The summed E-state index contributed by atoms with van der Waals surface area (Å²) in [6, 6.07) is 17.2. The Morgan fingerprint density at radius 3 is 2.61 bits per heavy atom. The van der Waals surface area contributed by atoms with Gasteiger partial charge in [-0.3, -0.25) is 14.5 Å². The van der Waals surface area contributed by atoms with Crippen molar-refractivity contribution in [3.05, 3.63) is 83.3 Å². The number of fused-ring (bicyclic) bond motifs is 1. The summed E-state index contributed by atoms with van der Waals surface area (Å²) in [7, 11) is 0. The quantitative estimate of drug-likeness (QED) is 0.334. The van der Waals surface area contributed by atoms with E-state index in [4.69, 9.17) is 15.2 Å². The summed E-state index contributed by atoms with van der Waals surface area (Å²) in [4.78, 5) is 30.3. The number of carbonyl (C=O) groups is 1. The van der Waals surface area contributed by atoms with E-state index < -0.39 is 0 Å². The van der Waals surface area contributed by atoms with E-state index in [1.807, 2.05) is 76.3 Å². The molecule has 0 spiro atoms. The molecule has 0 radical (unpaired) electrons. The second-order valence-corrected chi connectivity index (χ2v) is 10.4. The van der Waals surface area contributed by atoms with Gasteiger partial charge in [0.2, 0.25) is 5.91 Å². The summed E-state index contributed by atoms with van der Waals surface area (Å²) in [5.74, 6) is 1.71. The molecule has 1 atom stereocenters. The number of piperidine rings is 1. The Hall–Kier alpha value is -4.41.